The Morgan fingerprint density at radius 3 is 2.31 bits per heavy atom. The molecule has 2 aromatic carbocycles. The predicted molar refractivity (Wildman–Crippen MR) is 142 cm³/mol. The van der Waals surface area contributed by atoms with Gasteiger partial charge in [0.25, 0.3) is 5.91 Å². The zero-order valence-corrected chi connectivity index (χ0v) is 21.1. The van der Waals surface area contributed by atoms with E-state index >= 15 is 0 Å². The Bertz CT molecular complexity index is 1300. The number of hydrogen-bond donors (Lipinski definition) is 1. The first-order valence-corrected chi connectivity index (χ1v) is 13.3. The van der Waals surface area contributed by atoms with Crippen molar-refractivity contribution < 1.29 is 4.79 Å². The molecule has 0 atom stereocenters. The molecule has 3 aromatic rings. The summed E-state index contributed by atoms with van der Waals surface area (Å²) in [4.78, 5) is 18.4. The molecule has 4 nitrogen and oxygen atoms in total. The fourth-order valence-electron chi connectivity index (χ4n) is 7.63. The van der Waals surface area contributed by atoms with Gasteiger partial charge in [0.05, 0.1) is 16.8 Å². The van der Waals surface area contributed by atoms with Crippen LogP contribution in [-0.2, 0) is 0 Å². The third-order valence-electron chi connectivity index (χ3n) is 9.04. The summed E-state index contributed by atoms with van der Waals surface area (Å²) in [5, 5.41) is 5.70. The molecule has 1 heterocycles. The van der Waals surface area contributed by atoms with E-state index in [1.165, 1.54) is 55.4 Å². The highest BCUT2D eigenvalue weighted by molar-refractivity contribution is 6.07. The number of fused-ring (bicyclic) bond motifs is 1. The van der Waals surface area contributed by atoms with E-state index in [0.717, 1.165) is 46.3 Å². The minimum absolute atomic E-state index is 0.149. The van der Waals surface area contributed by atoms with Crippen molar-refractivity contribution in [3.63, 3.8) is 0 Å². The third-order valence-corrected chi connectivity index (χ3v) is 9.04. The molecule has 4 aliphatic carbocycles. The highest BCUT2D eigenvalue weighted by Gasteiger charge is 2.52. The van der Waals surface area contributed by atoms with Crippen LogP contribution in [-0.4, -0.2) is 16.6 Å². The summed E-state index contributed by atoms with van der Waals surface area (Å²) in [6.45, 7) is 6.42. The molecule has 0 spiro atoms. The van der Waals surface area contributed by atoms with Gasteiger partial charge in [-0.3, -0.25) is 4.79 Å². The number of pyridine rings is 1. The maximum atomic E-state index is 13.6. The smallest absolute Gasteiger partial charge is 0.267 e. The van der Waals surface area contributed by atoms with Gasteiger partial charge in [0.15, 0.2) is 0 Å². The number of hydrogen-bond acceptors (Lipinski definition) is 3. The number of hydrazone groups is 1. The average Bonchev–Trinajstić information content (AvgIpc) is 2.84. The highest BCUT2D eigenvalue weighted by Crippen LogP contribution is 2.60. The molecule has 4 aliphatic rings. The molecule has 0 saturated heterocycles. The van der Waals surface area contributed by atoms with Gasteiger partial charge in [0, 0.05) is 22.1 Å². The molecule has 1 N–H and O–H groups in total. The van der Waals surface area contributed by atoms with Crippen molar-refractivity contribution in [2.75, 3.05) is 0 Å². The monoisotopic (exact) mass is 465 g/mol. The van der Waals surface area contributed by atoms with E-state index in [2.05, 4.69) is 44.4 Å². The summed E-state index contributed by atoms with van der Waals surface area (Å²) in [7, 11) is 0. The van der Waals surface area contributed by atoms with Crippen molar-refractivity contribution in [2.24, 2.45) is 28.3 Å². The molecular weight excluding hydrogens is 430 g/mol. The molecule has 0 radical (unpaired) electrons. The number of carbonyl (C=O) groups is 1. The van der Waals surface area contributed by atoms with E-state index < -0.39 is 0 Å². The highest BCUT2D eigenvalue weighted by atomic mass is 16.2. The molecule has 4 fully saturated rings. The van der Waals surface area contributed by atoms with Crippen LogP contribution < -0.4 is 5.43 Å². The van der Waals surface area contributed by atoms with Crippen molar-refractivity contribution in [1.29, 1.82) is 0 Å². The van der Waals surface area contributed by atoms with Crippen LogP contribution in [0.1, 0.15) is 73.4 Å². The van der Waals surface area contributed by atoms with Crippen LogP contribution in [0, 0.1) is 37.0 Å². The number of nitrogens with zero attached hydrogens (tertiary/aromatic N) is 2. The predicted octanol–water partition coefficient (Wildman–Crippen LogP) is 7.23. The standard InChI is InChI=1S/C31H35N3O/c1-4-29(31-16-21-12-22(17-31)14-23(13-21)18-31)33-34-30(35)26-15-28(24-10-9-19(2)20(3)11-24)32-27-8-6-5-7-25(26)27/h5-11,15,21-23H,4,12-14,16-18H2,1-3H3,(H,34,35)/b33-29-. The number of aromatic nitrogens is 1. The van der Waals surface area contributed by atoms with Gasteiger partial charge in [-0.1, -0.05) is 37.3 Å². The van der Waals surface area contributed by atoms with Crippen LogP contribution >= 0.6 is 0 Å². The van der Waals surface area contributed by atoms with Gasteiger partial charge in [-0.05, 0) is 106 Å². The lowest BCUT2D eigenvalue weighted by Crippen LogP contribution is -2.50. The number of rotatable bonds is 5. The third kappa shape index (κ3) is 3.97. The molecule has 1 amide bonds. The minimum atomic E-state index is -0.149. The average molecular weight is 466 g/mol. The van der Waals surface area contributed by atoms with Gasteiger partial charge in [-0.15, -0.1) is 0 Å². The van der Waals surface area contributed by atoms with Crippen LogP contribution in [0.2, 0.25) is 0 Å². The molecule has 0 aliphatic heterocycles. The number of nitrogens with one attached hydrogen (secondary N) is 1. The van der Waals surface area contributed by atoms with Gasteiger partial charge in [-0.2, -0.15) is 5.10 Å². The quantitative estimate of drug-likeness (QED) is 0.319. The molecule has 180 valence electrons. The number of carbonyl (C=O) groups excluding carboxylic acids is 1. The topological polar surface area (TPSA) is 54.4 Å². The molecule has 35 heavy (non-hydrogen) atoms. The van der Waals surface area contributed by atoms with Gasteiger partial charge < -0.3 is 0 Å². The second-order valence-electron chi connectivity index (χ2n) is 11.4. The van der Waals surface area contributed by atoms with Crippen molar-refractivity contribution in [3.8, 4) is 11.3 Å². The van der Waals surface area contributed by atoms with Crippen LogP contribution in [0.3, 0.4) is 0 Å². The molecule has 1 aromatic heterocycles. The summed E-state index contributed by atoms with van der Waals surface area (Å²) >= 11 is 0. The maximum Gasteiger partial charge on any atom is 0.272 e. The van der Waals surface area contributed by atoms with E-state index in [0.29, 0.717) is 5.56 Å². The van der Waals surface area contributed by atoms with E-state index in [4.69, 9.17) is 10.1 Å². The van der Waals surface area contributed by atoms with Crippen LogP contribution in [0.5, 0.6) is 0 Å². The first-order chi connectivity index (χ1) is 16.9. The molecule has 7 rings (SSSR count). The number of benzene rings is 2. The zero-order chi connectivity index (χ0) is 24.2. The number of para-hydroxylation sites is 1. The lowest BCUT2D eigenvalue weighted by Gasteiger charge is -2.57. The van der Waals surface area contributed by atoms with E-state index in [1.807, 2.05) is 30.3 Å². The molecule has 4 bridgehead atoms. The summed E-state index contributed by atoms with van der Waals surface area (Å²) in [5.41, 5.74) is 10.2. The number of aryl methyl sites for hydroxylation is 2. The molecule has 0 unspecified atom stereocenters. The van der Waals surface area contributed by atoms with E-state index in [9.17, 15) is 4.79 Å². The van der Waals surface area contributed by atoms with Crippen molar-refractivity contribution in [2.45, 2.75) is 65.7 Å². The Kier molecular flexibility index (Phi) is 5.51. The normalized spacial score (nSPS) is 27.4. The van der Waals surface area contributed by atoms with Gasteiger partial charge in [0.2, 0.25) is 0 Å². The second-order valence-corrected chi connectivity index (χ2v) is 11.4. The maximum absolute atomic E-state index is 13.6. The van der Waals surface area contributed by atoms with E-state index in [1.54, 1.807) is 0 Å². The second kappa shape index (κ2) is 8.58. The van der Waals surface area contributed by atoms with Crippen LogP contribution in [0.25, 0.3) is 22.2 Å². The molecule has 4 heteroatoms. The number of amides is 1. The Balaban J connectivity index is 1.34. The minimum Gasteiger partial charge on any atom is -0.267 e. The first kappa shape index (κ1) is 22.5. The lowest BCUT2D eigenvalue weighted by molar-refractivity contribution is -0.0134. The Labute approximate surface area is 208 Å². The van der Waals surface area contributed by atoms with Gasteiger partial charge in [-0.25, -0.2) is 10.4 Å². The Hall–Kier alpha value is -3.01. The fraction of sp³-hybridized carbons (Fsp3) is 0.452. The van der Waals surface area contributed by atoms with Gasteiger partial charge in [0.1, 0.15) is 0 Å². The first-order valence-electron chi connectivity index (χ1n) is 13.3. The largest absolute Gasteiger partial charge is 0.272 e. The summed E-state index contributed by atoms with van der Waals surface area (Å²) in [6.07, 6.45) is 8.91. The van der Waals surface area contributed by atoms with Crippen molar-refractivity contribution in [3.05, 3.63) is 65.2 Å². The summed E-state index contributed by atoms with van der Waals surface area (Å²) in [5.74, 6) is 2.43. The Morgan fingerprint density at radius 2 is 1.66 bits per heavy atom. The molecule has 4 saturated carbocycles. The van der Waals surface area contributed by atoms with Crippen molar-refractivity contribution in [1.82, 2.24) is 10.4 Å². The lowest BCUT2D eigenvalue weighted by atomic mass is 9.48. The van der Waals surface area contributed by atoms with Crippen molar-refractivity contribution >= 4 is 22.5 Å². The zero-order valence-electron chi connectivity index (χ0n) is 21.1. The SMILES string of the molecule is CC/C(=N/NC(=O)c1cc(-c2ccc(C)c(C)c2)nc2ccccc12)C12CC3CC(CC(C3)C1)C2. The summed E-state index contributed by atoms with van der Waals surface area (Å²) < 4.78 is 0. The van der Waals surface area contributed by atoms with Crippen LogP contribution in [0.15, 0.2) is 53.6 Å². The summed E-state index contributed by atoms with van der Waals surface area (Å²) in [6, 6.07) is 16.2. The van der Waals surface area contributed by atoms with E-state index in [-0.39, 0.29) is 11.3 Å². The fourth-order valence-corrected chi connectivity index (χ4v) is 7.63. The molecular formula is C31H35N3O. The van der Waals surface area contributed by atoms with Gasteiger partial charge >= 0.3 is 0 Å². The van der Waals surface area contributed by atoms with Crippen LogP contribution in [0.4, 0.5) is 0 Å². The Morgan fingerprint density at radius 1 is 0.971 bits per heavy atom.